The average molecular weight is 277 g/mol. The number of nitrogen functional groups attached to an aromatic ring is 1. The van der Waals surface area contributed by atoms with Crippen LogP contribution in [0, 0.1) is 18.6 Å². The van der Waals surface area contributed by atoms with Gasteiger partial charge in [0.25, 0.3) is 0 Å². The molecule has 2 rings (SSSR count). The zero-order valence-electron chi connectivity index (χ0n) is 10.8. The minimum absolute atomic E-state index is 0.0235. The molecule has 0 aliphatic carbocycles. The molecule has 0 heterocycles. The summed E-state index contributed by atoms with van der Waals surface area (Å²) in [7, 11) is 0. The molecule has 0 radical (unpaired) electrons. The van der Waals surface area contributed by atoms with E-state index >= 15 is 0 Å². The number of aryl methyl sites for hydroxylation is 1. The van der Waals surface area contributed by atoms with Gasteiger partial charge in [0, 0.05) is 11.3 Å². The van der Waals surface area contributed by atoms with Crippen LogP contribution >= 0.6 is 0 Å². The Bertz CT molecular complexity index is 656. The molecule has 104 valence electrons. The first kappa shape index (κ1) is 14.0. The molecular formula is C15H13F2NO2. The van der Waals surface area contributed by atoms with Crippen LogP contribution in [0.3, 0.4) is 0 Å². The number of nitrogens with two attached hydrogens (primary N) is 1. The quantitative estimate of drug-likeness (QED) is 0.692. The standard InChI is InChI=1S/C15H13F2NO2/c1-9-3-2-4-12(14(9)18)15(19)20-8-10-7-11(16)5-6-13(10)17/h2-7H,8,18H2,1H3. The molecular weight excluding hydrogens is 264 g/mol. The van der Waals surface area contributed by atoms with Gasteiger partial charge >= 0.3 is 5.97 Å². The van der Waals surface area contributed by atoms with Crippen molar-refractivity contribution in [3.63, 3.8) is 0 Å². The second-order valence-electron chi connectivity index (χ2n) is 4.35. The molecule has 0 fully saturated rings. The molecule has 0 aromatic heterocycles. The summed E-state index contributed by atoms with van der Waals surface area (Å²) in [5.74, 6) is -1.89. The van der Waals surface area contributed by atoms with Crippen molar-refractivity contribution >= 4 is 11.7 Å². The summed E-state index contributed by atoms with van der Waals surface area (Å²) < 4.78 is 31.3. The topological polar surface area (TPSA) is 52.3 Å². The van der Waals surface area contributed by atoms with E-state index in [1.165, 1.54) is 6.07 Å². The predicted octanol–water partition coefficient (Wildman–Crippen LogP) is 3.21. The van der Waals surface area contributed by atoms with Crippen LogP contribution in [0.25, 0.3) is 0 Å². The number of carbonyl (C=O) groups excluding carboxylic acids is 1. The Kier molecular flexibility index (Phi) is 3.98. The van der Waals surface area contributed by atoms with Gasteiger partial charge in [-0.15, -0.1) is 0 Å². The second-order valence-corrected chi connectivity index (χ2v) is 4.35. The van der Waals surface area contributed by atoms with E-state index in [1.54, 1.807) is 19.1 Å². The molecule has 0 unspecified atom stereocenters. The Hall–Kier alpha value is -2.43. The number of rotatable bonds is 3. The van der Waals surface area contributed by atoms with E-state index in [2.05, 4.69) is 0 Å². The van der Waals surface area contributed by atoms with Crippen LogP contribution in [0.5, 0.6) is 0 Å². The highest BCUT2D eigenvalue weighted by Crippen LogP contribution is 2.18. The Morgan fingerprint density at radius 1 is 1.25 bits per heavy atom. The van der Waals surface area contributed by atoms with Crippen molar-refractivity contribution in [3.05, 3.63) is 64.7 Å². The molecule has 2 N–H and O–H groups in total. The SMILES string of the molecule is Cc1cccc(C(=O)OCc2cc(F)ccc2F)c1N. The number of anilines is 1. The fraction of sp³-hybridized carbons (Fsp3) is 0.133. The van der Waals surface area contributed by atoms with Crippen LogP contribution in [0.2, 0.25) is 0 Å². The molecule has 3 nitrogen and oxygen atoms in total. The van der Waals surface area contributed by atoms with Gasteiger partial charge in [-0.05, 0) is 36.8 Å². The summed E-state index contributed by atoms with van der Waals surface area (Å²) in [4.78, 5) is 11.9. The molecule has 0 spiro atoms. The highest BCUT2D eigenvalue weighted by Gasteiger charge is 2.13. The molecule has 0 atom stereocenters. The summed E-state index contributed by atoms with van der Waals surface area (Å²) in [5.41, 5.74) is 7.02. The normalized spacial score (nSPS) is 10.3. The molecule has 0 aliphatic rings. The van der Waals surface area contributed by atoms with Gasteiger partial charge in [-0.1, -0.05) is 12.1 Å². The van der Waals surface area contributed by atoms with Crippen LogP contribution in [0.15, 0.2) is 36.4 Å². The smallest absolute Gasteiger partial charge is 0.340 e. The van der Waals surface area contributed by atoms with Crippen molar-refractivity contribution in [1.82, 2.24) is 0 Å². The lowest BCUT2D eigenvalue weighted by molar-refractivity contribution is 0.0469. The van der Waals surface area contributed by atoms with E-state index < -0.39 is 17.6 Å². The van der Waals surface area contributed by atoms with Crippen molar-refractivity contribution in [2.75, 3.05) is 5.73 Å². The molecule has 0 saturated carbocycles. The van der Waals surface area contributed by atoms with Crippen molar-refractivity contribution < 1.29 is 18.3 Å². The lowest BCUT2D eigenvalue weighted by Crippen LogP contribution is -2.10. The van der Waals surface area contributed by atoms with E-state index in [0.717, 1.165) is 23.8 Å². The first-order chi connectivity index (χ1) is 9.49. The van der Waals surface area contributed by atoms with Crippen LogP contribution in [0.1, 0.15) is 21.5 Å². The molecule has 0 bridgehead atoms. The molecule has 5 heteroatoms. The number of hydrogen-bond acceptors (Lipinski definition) is 3. The fourth-order valence-electron chi connectivity index (χ4n) is 1.73. The molecule has 20 heavy (non-hydrogen) atoms. The van der Waals surface area contributed by atoms with Gasteiger partial charge in [-0.25, -0.2) is 13.6 Å². The van der Waals surface area contributed by atoms with E-state index in [1.807, 2.05) is 0 Å². The minimum Gasteiger partial charge on any atom is -0.457 e. The largest absolute Gasteiger partial charge is 0.457 e. The van der Waals surface area contributed by atoms with Crippen LogP contribution in [-0.4, -0.2) is 5.97 Å². The third-order valence-corrected chi connectivity index (χ3v) is 2.91. The van der Waals surface area contributed by atoms with E-state index in [-0.39, 0.29) is 17.7 Å². The first-order valence-corrected chi connectivity index (χ1v) is 5.95. The highest BCUT2D eigenvalue weighted by molar-refractivity contribution is 5.95. The van der Waals surface area contributed by atoms with E-state index in [0.29, 0.717) is 5.69 Å². The maximum absolute atomic E-state index is 13.4. The van der Waals surface area contributed by atoms with E-state index in [9.17, 15) is 13.6 Å². The van der Waals surface area contributed by atoms with Crippen LogP contribution in [-0.2, 0) is 11.3 Å². The lowest BCUT2D eigenvalue weighted by Gasteiger charge is -2.09. The number of ether oxygens (including phenoxy) is 1. The molecule has 2 aromatic rings. The third-order valence-electron chi connectivity index (χ3n) is 2.91. The predicted molar refractivity (Wildman–Crippen MR) is 71.1 cm³/mol. The van der Waals surface area contributed by atoms with Gasteiger partial charge in [-0.3, -0.25) is 0 Å². The monoisotopic (exact) mass is 277 g/mol. The van der Waals surface area contributed by atoms with Crippen molar-refractivity contribution in [2.24, 2.45) is 0 Å². The first-order valence-electron chi connectivity index (χ1n) is 5.95. The number of benzene rings is 2. The Morgan fingerprint density at radius 2 is 2.00 bits per heavy atom. The third kappa shape index (κ3) is 2.93. The van der Waals surface area contributed by atoms with Crippen molar-refractivity contribution in [1.29, 1.82) is 0 Å². The van der Waals surface area contributed by atoms with Gasteiger partial charge in [0.2, 0.25) is 0 Å². The van der Waals surface area contributed by atoms with Gasteiger partial charge in [-0.2, -0.15) is 0 Å². The summed E-state index contributed by atoms with van der Waals surface area (Å²) in [6, 6.07) is 7.93. The van der Waals surface area contributed by atoms with Crippen LogP contribution < -0.4 is 5.73 Å². The number of halogens is 2. The summed E-state index contributed by atoms with van der Waals surface area (Å²) in [5, 5.41) is 0. The van der Waals surface area contributed by atoms with Crippen LogP contribution in [0.4, 0.5) is 14.5 Å². The summed E-state index contributed by atoms with van der Waals surface area (Å²) in [6.07, 6.45) is 0. The maximum atomic E-state index is 13.4. The Balaban J connectivity index is 2.13. The number of para-hydroxylation sites is 1. The molecule has 2 aromatic carbocycles. The fourth-order valence-corrected chi connectivity index (χ4v) is 1.73. The highest BCUT2D eigenvalue weighted by atomic mass is 19.1. The Morgan fingerprint density at radius 3 is 2.75 bits per heavy atom. The van der Waals surface area contributed by atoms with Gasteiger partial charge in [0.05, 0.1) is 5.56 Å². The number of esters is 1. The summed E-state index contributed by atoms with van der Waals surface area (Å²) in [6.45, 7) is 1.41. The number of hydrogen-bond donors (Lipinski definition) is 1. The van der Waals surface area contributed by atoms with Gasteiger partial charge in [0.15, 0.2) is 0 Å². The van der Waals surface area contributed by atoms with Crippen molar-refractivity contribution in [2.45, 2.75) is 13.5 Å². The van der Waals surface area contributed by atoms with E-state index in [4.69, 9.17) is 10.5 Å². The zero-order chi connectivity index (χ0) is 14.7. The lowest BCUT2D eigenvalue weighted by atomic mass is 10.1. The Labute approximate surface area is 115 Å². The zero-order valence-corrected chi connectivity index (χ0v) is 10.8. The van der Waals surface area contributed by atoms with Crippen molar-refractivity contribution in [3.8, 4) is 0 Å². The maximum Gasteiger partial charge on any atom is 0.340 e. The number of carbonyl (C=O) groups is 1. The molecule has 0 saturated heterocycles. The summed E-state index contributed by atoms with van der Waals surface area (Å²) >= 11 is 0. The second kappa shape index (κ2) is 5.69. The minimum atomic E-state index is -0.671. The van der Waals surface area contributed by atoms with Gasteiger partial charge < -0.3 is 10.5 Å². The molecule has 0 amide bonds. The van der Waals surface area contributed by atoms with Gasteiger partial charge in [0.1, 0.15) is 18.2 Å². The molecule has 0 aliphatic heterocycles. The average Bonchev–Trinajstić information content (AvgIpc) is 2.42.